The van der Waals surface area contributed by atoms with E-state index in [1.165, 1.54) is 18.4 Å². The predicted octanol–water partition coefficient (Wildman–Crippen LogP) is 3.65. The highest BCUT2D eigenvalue weighted by Gasteiger charge is 2.08. The summed E-state index contributed by atoms with van der Waals surface area (Å²) in [6.45, 7) is 11.8. The molecule has 1 N–H and O–H groups in total. The van der Waals surface area contributed by atoms with Crippen LogP contribution in [-0.2, 0) is 17.9 Å². The second kappa shape index (κ2) is 8.33. The maximum Gasteiger partial charge on any atom is 0.130 e. The van der Waals surface area contributed by atoms with Crippen LogP contribution in [0.1, 0.15) is 50.7 Å². The Balaban J connectivity index is 2.38. The molecular formula is C15H27NO2. The van der Waals surface area contributed by atoms with Gasteiger partial charge in [0.1, 0.15) is 18.1 Å². The lowest BCUT2D eigenvalue weighted by atomic mass is 10.1. The quantitative estimate of drug-likeness (QED) is 0.729. The number of aryl methyl sites for hydroxylation is 1. The number of nitrogens with one attached hydrogen (secondary N) is 1. The summed E-state index contributed by atoms with van der Waals surface area (Å²) in [7, 11) is 0. The molecule has 1 aromatic heterocycles. The number of hydrogen-bond donors (Lipinski definition) is 1. The van der Waals surface area contributed by atoms with Crippen LogP contribution in [0, 0.1) is 12.8 Å². The number of furan rings is 1. The fourth-order valence-corrected chi connectivity index (χ4v) is 1.94. The molecule has 0 saturated heterocycles. The number of ether oxygens (including phenoxy) is 1. The van der Waals surface area contributed by atoms with E-state index in [2.05, 4.69) is 32.2 Å². The van der Waals surface area contributed by atoms with Gasteiger partial charge in [0.2, 0.25) is 0 Å². The summed E-state index contributed by atoms with van der Waals surface area (Å²) in [5.41, 5.74) is 1.23. The average molecular weight is 253 g/mol. The van der Waals surface area contributed by atoms with E-state index in [9.17, 15) is 0 Å². The van der Waals surface area contributed by atoms with E-state index in [-0.39, 0.29) is 0 Å². The predicted molar refractivity (Wildman–Crippen MR) is 74.6 cm³/mol. The summed E-state index contributed by atoms with van der Waals surface area (Å²) in [6, 6.07) is 2.10. The normalized spacial score (nSPS) is 11.4. The van der Waals surface area contributed by atoms with E-state index in [4.69, 9.17) is 9.15 Å². The van der Waals surface area contributed by atoms with Crippen molar-refractivity contribution < 1.29 is 9.15 Å². The van der Waals surface area contributed by atoms with Gasteiger partial charge < -0.3 is 14.5 Å². The fourth-order valence-electron chi connectivity index (χ4n) is 1.94. The molecule has 3 heteroatoms. The number of hydrogen-bond acceptors (Lipinski definition) is 3. The van der Waals surface area contributed by atoms with Crippen molar-refractivity contribution >= 4 is 0 Å². The summed E-state index contributed by atoms with van der Waals surface area (Å²) in [5.74, 6) is 2.60. The van der Waals surface area contributed by atoms with Crippen LogP contribution >= 0.6 is 0 Å². The van der Waals surface area contributed by atoms with Crippen molar-refractivity contribution in [2.24, 2.45) is 5.92 Å². The van der Waals surface area contributed by atoms with Gasteiger partial charge in [-0.15, -0.1) is 0 Å². The van der Waals surface area contributed by atoms with Gasteiger partial charge in [-0.25, -0.2) is 0 Å². The van der Waals surface area contributed by atoms with Crippen LogP contribution in [0.4, 0.5) is 0 Å². The second-order valence-electron chi connectivity index (χ2n) is 4.77. The SMILES string of the molecule is CCNCc1cc(COCC(CC)CC)oc1C. The first-order valence-electron chi connectivity index (χ1n) is 7.07. The molecule has 0 aliphatic heterocycles. The minimum atomic E-state index is 0.587. The monoisotopic (exact) mass is 253 g/mol. The van der Waals surface area contributed by atoms with Crippen molar-refractivity contribution in [2.75, 3.05) is 13.2 Å². The summed E-state index contributed by atoms with van der Waals surface area (Å²) in [4.78, 5) is 0. The topological polar surface area (TPSA) is 34.4 Å². The molecule has 0 spiro atoms. The fraction of sp³-hybridized carbons (Fsp3) is 0.733. The molecule has 0 unspecified atom stereocenters. The summed E-state index contributed by atoms with van der Waals surface area (Å²) >= 11 is 0. The Morgan fingerprint density at radius 2 is 2.00 bits per heavy atom. The lowest BCUT2D eigenvalue weighted by Crippen LogP contribution is -2.11. The van der Waals surface area contributed by atoms with E-state index >= 15 is 0 Å². The first-order valence-corrected chi connectivity index (χ1v) is 7.07. The summed E-state index contributed by atoms with van der Waals surface area (Å²) < 4.78 is 11.4. The van der Waals surface area contributed by atoms with Gasteiger partial charge in [0.15, 0.2) is 0 Å². The molecule has 0 aliphatic rings. The first kappa shape index (κ1) is 15.3. The zero-order chi connectivity index (χ0) is 13.4. The van der Waals surface area contributed by atoms with E-state index in [0.717, 1.165) is 31.2 Å². The van der Waals surface area contributed by atoms with Crippen LogP contribution in [0.15, 0.2) is 10.5 Å². The van der Waals surface area contributed by atoms with E-state index in [1.807, 2.05) is 6.92 Å². The zero-order valence-electron chi connectivity index (χ0n) is 12.2. The van der Waals surface area contributed by atoms with E-state index in [1.54, 1.807) is 0 Å². The molecule has 104 valence electrons. The molecule has 0 aliphatic carbocycles. The lowest BCUT2D eigenvalue weighted by molar-refractivity contribution is 0.0726. The molecule has 0 bridgehead atoms. The summed E-state index contributed by atoms with van der Waals surface area (Å²) in [5, 5.41) is 3.31. The van der Waals surface area contributed by atoms with Gasteiger partial charge >= 0.3 is 0 Å². The minimum Gasteiger partial charge on any atom is -0.464 e. The van der Waals surface area contributed by atoms with Crippen LogP contribution < -0.4 is 5.32 Å². The molecule has 0 aromatic carbocycles. The van der Waals surface area contributed by atoms with Gasteiger partial charge in [-0.1, -0.05) is 33.6 Å². The average Bonchev–Trinajstić information content (AvgIpc) is 2.73. The van der Waals surface area contributed by atoms with Crippen LogP contribution in [-0.4, -0.2) is 13.2 Å². The Morgan fingerprint density at radius 3 is 2.61 bits per heavy atom. The van der Waals surface area contributed by atoms with Crippen LogP contribution in [0.3, 0.4) is 0 Å². The van der Waals surface area contributed by atoms with Crippen LogP contribution in [0.2, 0.25) is 0 Å². The molecule has 0 fully saturated rings. The maximum absolute atomic E-state index is 5.72. The molecule has 0 radical (unpaired) electrons. The maximum atomic E-state index is 5.72. The molecular weight excluding hydrogens is 226 g/mol. The standard InChI is InChI=1S/C15H27NO2/c1-5-13(6-2)10-17-11-15-8-14(9-16-7-3)12(4)18-15/h8,13,16H,5-7,9-11H2,1-4H3. The first-order chi connectivity index (χ1) is 8.71. The van der Waals surface area contributed by atoms with Gasteiger partial charge in [-0.05, 0) is 25.5 Å². The van der Waals surface area contributed by atoms with Gasteiger partial charge in [0.25, 0.3) is 0 Å². The molecule has 1 rings (SSSR count). The molecule has 0 atom stereocenters. The lowest BCUT2D eigenvalue weighted by Gasteiger charge is -2.11. The van der Waals surface area contributed by atoms with Crippen molar-refractivity contribution in [3.63, 3.8) is 0 Å². The minimum absolute atomic E-state index is 0.587. The van der Waals surface area contributed by atoms with Gasteiger partial charge in [0.05, 0.1) is 0 Å². The second-order valence-corrected chi connectivity index (χ2v) is 4.77. The Morgan fingerprint density at radius 1 is 1.28 bits per heavy atom. The van der Waals surface area contributed by atoms with Crippen molar-refractivity contribution in [1.82, 2.24) is 5.32 Å². The summed E-state index contributed by atoms with van der Waals surface area (Å²) in [6.07, 6.45) is 2.36. The van der Waals surface area contributed by atoms with Crippen LogP contribution in [0.25, 0.3) is 0 Å². The Kier molecular flexibility index (Phi) is 7.06. The Hall–Kier alpha value is -0.800. The van der Waals surface area contributed by atoms with Crippen molar-refractivity contribution in [3.8, 4) is 0 Å². The molecule has 1 aromatic rings. The Bertz CT molecular complexity index is 329. The van der Waals surface area contributed by atoms with Gasteiger partial charge in [-0.2, -0.15) is 0 Å². The number of rotatable bonds is 9. The van der Waals surface area contributed by atoms with Crippen molar-refractivity contribution in [1.29, 1.82) is 0 Å². The highest BCUT2D eigenvalue weighted by atomic mass is 16.5. The van der Waals surface area contributed by atoms with E-state index < -0.39 is 0 Å². The van der Waals surface area contributed by atoms with Gasteiger partial charge in [0, 0.05) is 18.7 Å². The highest BCUT2D eigenvalue weighted by molar-refractivity contribution is 5.20. The molecule has 18 heavy (non-hydrogen) atoms. The van der Waals surface area contributed by atoms with Crippen molar-refractivity contribution in [3.05, 3.63) is 23.2 Å². The third-order valence-electron chi connectivity index (χ3n) is 3.39. The molecule has 3 nitrogen and oxygen atoms in total. The van der Waals surface area contributed by atoms with E-state index in [0.29, 0.717) is 12.5 Å². The highest BCUT2D eigenvalue weighted by Crippen LogP contribution is 2.16. The molecule has 0 saturated carbocycles. The third-order valence-corrected chi connectivity index (χ3v) is 3.39. The largest absolute Gasteiger partial charge is 0.464 e. The van der Waals surface area contributed by atoms with Crippen molar-refractivity contribution in [2.45, 2.75) is 53.7 Å². The zero-order valence-corrected chi connectivity index (χ0v) is 12.2. The third kappa shape index (κ3) is 4.83. The van der Waals surface area contributed by atoms with Crippen LogP contribution in [0.5, 0.6) is 0 Å². The Labute approximate surface area is 111 Å². The molecule has 1 heterocycles. The smallest absolute Gasteiger partial charge is 0.130 e. The van der Waals surface area contributed by atoms with Gasteiger partial charge in [-0.3, -0.25) is 0 Å². The molecule has 0 amide bonds.